The summed E-state index contributed by atoms with van der Waals surface area (Å²) in [6, 6.07) is 3.11. The molecular formula is C21H28N6OS. The zero-order chi connectivity index (χ0) is 19.8. The number of rotatable bonds is 4. The van der Waals surface area contributed by atoms with Crippen molar-refractivity contribution in [3.05, 3.63) is 28.7 Å². The van der Waals surface area contributed by atoms with Crippen molar-refractivity contribution in [2.75, 3.05) is 23.3 Å². The molecule has 3 aliphatic rings. The summed E-state index contributed by atoms with van der Waals surface area (Å²) in [6.45, 7) is 3.56. The van der Waals surface area contributed by atoms with Crippen molar-refractivity contribution in [2.45, 2.75) is 70.4 Å². The molecule has 3 heterocycles. The van der Waals surface area contributed by atoms with E-state index >= 15 is 0 Å². The van der Waals surface area contributed by atoms with Crippen LogP contribution in [0.15, 0.2) is 12.4 Å². The molecule has 2 aliphatic carbocycles. The molecule has 0 bridgehead atoms. The number of aromatic nitrogens is 3. The predicted molar refractivity (Wildman–Crippen MR) is 115 cm³/mol. The maximum absolute atomic E-state index is 12.8. The highest BCUT2D eigenvalue weighted by atomic mass is 32.1. The molecule has 5 rings (SSSR count). The number of fused-ring (bicyclic) bond motifs is 1. The van der Waals surface area contributed by atoms with E-state index in [-0.39, 0.29) is 6.03 Å². The molecule has 2 aromatic heterocycles. The lowest BCUT2D eigenvalue weighted by Crippen LogP contribution is -2.49. The number of likely N-dealkylation sites (tertiary alicyclic amines) is 1. The van der Waals surface area contributed by atoms with Gasteiger partial charge in [-0.2, -0.15) is 0 Å². The van der Waals surface area contributed by atoms with E-state index in [1.54, 1.807) is 17.7 Å². The number of anilines is 2. The third kappa shape index (κ3) is 4.08. The summed E-state index contributed by atoms with van der Waals surface area (Å²) in [5.74, 6) is 1.04. The minimum Gasteiger partial charge on any atom is -0.350 e. The molecule has 1 saturated heterocycles. The maximum atomic E-state index is 12.8. The van der Waals surface area contributed by atoms with Gasteiger partial charge in [0.05, 0.1) is 5.69 Å². The number of carbonyl (C=O) groups is 1. The van der Waals surface area contributed by atoms with Crippen LogP contribution in [0, 0.1) is 6.92 Å². The van der Waals surface area contributed by atoms with Crippen molar-refractivity contribution in [3.63, 3.8) is 0 Å². The van der Waals surface area contributed by atoms with E-state index in [1.165, 1.54) is 36.3 Å². The molecule has 7 nitrogen and oxygen atoms in total. The third-order valence-electron chi connectivity index (χ3n) is 6.20. The fourth-order valence-corrected chi connectivity index (χ4v) is 5.57. The van der Waals surface area contributed by atoms with Crippen LogP contribution < -0.4 is 10.2 Å². The van der Waals surface area contributed by atoms with Crippen LogP contribution in [0.1, 0.15) is 54.8 Å². The third-order valence-corrected chi connectivity index (χ3v) is 7.27. The second-order valence-corrected chi connectivity index (χ2v) is 9.48. The van der Waals surface area contributed by atoms with E-state index < -0.39 is 0 Å². The van der Waals surface area contributed by atoms with Crippen LogP contribution >= 0.6 is 11.3 Å². The topological polar surface area (TPSA) is 74.2 Å². The molecule has 0 aromatic carbocycles. The molecule has 2 amide bonds. The number of hydrogen-bond donors (Lipinski definition) is 1. The van der Waals surface area contributed by atoms with Crippen LogP contribution in [0.2, 0.25) is 0 Å². The SMILES string of the molecule is Cc1cc(N(C2CC2)C2CCN(C(=O)Nc3nc4c(s3)CCCC4)CC2)ncn1. The summed E-state index contributed by atoms with van der Waals surface area (Å²) in [6.07, 6.45) is 10.7. The minimum absolute atomic E-state index is 0.00889. The van der Waals surface area contributed by atoms with Gasteiger partial charge < -0.3 is 9.80 Å². The number of nitrogens with zero attached hydrogens (tertiary/aromatic N) is 5. The van der Waals surface area contributed by atoms with E-state index in [0.29, 0.717) is 12.1 Å². The predicted octanol–water partition coefficient (Wildman–Crippen LogP) is 3.79. The van der Waals surface area contributed by atoms with Gasteiger partial charge in [-0.3, -0.25) is 5.32 Å². The molecule has 154 valence electrons. The first-order valence-electron chi connectivity index (χ1n) is 10.8. The van der Waals surface area contributed by atoms with Gasteiger partial charge in [0.25, 0.3) is 0 Å². The van der Waals surface area contributed by atoms with Crippen LogP contribution in [0.4, 0.5) is 15.7 Å². The van der Waals surface area contributed by atoms with Gasteiger partial charge in [-0.15, -0.1) is 11.3 Å². The van der Waals surface area contributed by atoms with Gasteiger partial charge in [0.1, 0.15) is 12.1 Å². The number of nitrogens with one attached hydrogen (secondary N) is 1. The lowest BCUT2D eigenvalue weighted by molar-refractivity contribution is 0.193. The number of thiazole rings is 1. The molecule has 0 spiro atoms. The van der Waals surface area contributed by atoms with Crippen molar-refractivity contribution in [2.24, 2.45) is 0 Å². The van der Waals surface area contributed by atoms with Gasteiger partial charge in [-0.1, -0.05) is 0 Å². The summed E-state index contributed by atoms with van der Waals surface area (Å²) in [4.78, 5) is 32.0. The second-order valence-electron chi connectivity index (χ2n) is 8.40. The molecule has 29 heavy (non-hydrogen) atoms. The van der Waals surface area contributed by atoms with Crippen molar-refractivity contribution in [3.8, 4) is 0 Å². The number of hydrogen-bond acceptors (Lipinski definition) is 6. The molecule has 1 saturated carbocycles. The first-order valence-corrected chi connectivity index (χ1v) is 11.6. The average molecular weight is 413 g/mol. The van der Waals surface area contributed by atoms with E-state index in [2.05, 4.69) is 31.2 Å². The molecular weight excluding hydrogens is 384 g/mol. The first-order chi connectivity index (χ1) is 14.2. The van der Waals surface area contributed by atoms with Crippen molar-refractivity contribution >= 4 is 28.3 Å². The van der Waals surface area contributed by atoms with Gasteiger partial charge in [0, 0.05) is 41.8 Å². The smallest absolute Gasteiger partial charge is 0.323 e. The lowest BCUT2D eigenvalue weighted by atomic mass is 10.0. The Kier molecular flexibility index (Phi) is 5.11. The fraction of sp³-hybridized carbons (Fsp3) is 0.619. The first kappa shape index (κ1) is 18.8. The van der Waals surface area contributed by atoms with Gasteiger partial charge in [-0.25, -0.2) is 19.7 Å². The van der Waals surface area contributed by atoms with Gasteiger partial charge in [-0.05, 0) is 58.3 Å². The molecule has 0 radical (unpaired) electrons. The molecule has 1 aliphatic heterocycles. The highest BCUT2D eigenvalue weighted by Crippen LogP contribution is 2.35. The van der Waals surface area contributed by atoms with E-state index in [4.69, 9.17) is 0 Å². The van der Waals surface area contributed by atoms with Crippen LogP contribution in [-0.4, -0.2) is 51.1 Å². The zero-order valence-electron chi connectivity index (χ0n) is 16.9. The van der Waals surface area contributed by atoms with E-state index in [9.17, 15) is 4.79 Å². The van der Waals surface area contributed by atoms with Crippen molar-refractivity contribution in [1.29, 1.82) is 0 Å². The van der Waals surface area contributed by atoms with Crippen molar-refractivity contribution in [1.82, 2.24) is 19.9 Å². The maximum Gasteiger partial charge on any atom is 0.323 e. The Bertz CT molecular complexity index is 864. The Morgan fingerprint density at radius 1 is 1.14 bits per heavy atom. The molecule has 0 atom stereocenters. The Hall–Kier alpha value is -2.22. The lowest BCUT2D eigenvalue weighted by Gasteiger charge is -2.39. The van der Waals surface area contributed by atoms with Gasteiger partial charge in [0.2, 0.25) is 0 Å². The Balaban J connectivity index is 1.20. The average Bonchev–Trinajstić information content (AvgIpc) is 3.47. The second kappa shape index (κ2) is 7.89. The summed E-state index contributed by atoms with van der Waals surface area (Å²) in [5.41, 5.74) is 2.19. The van der Waals surface area contributed by atoms with Gasteiger partial charge in [0.15, 0.2) is 5.13 Å². The number of piperidine rings is 1. The molecule has 2 aromatic rings. The van der Waals surface area contributed by atoms with Crippen LogP contribution in [0.5, 0.6) is 0 Å². The quantitative estimate of drug-likeness (QED) is 0.827. The number of carbonyl (C=O) groups excluding carboxylic acids is 1. The summed E-state index contributed by atoms with van der Waals surface area (Å²) in [5, 5.41) is 3.81. The summed E-state index contributed by atoms with van der Waals surface area (Å²) < 4.78 is 0. The van der Waals surface area contributed by atoms with Crippen LogP contribution in [-0.2, 0) is 12.8 Å². The number of urea groups is 1. The summed E-state index contributed by atoms with van der Waals surface area (Å²) in [7, 11) is 0. The van der Waals surface area contributed by atoms with Crippen LogP contribution in [0.3, 0.4) is 0 Å². The Morgan fingerprint density at radius 2 is 1.90 bits per heavy atom. The minimum atomic E-state index is -0.00889. The number of amides is 2. The van der Waals surface area contributed by atoms with E-state index in [1.807, 2.05) is 11.8 Å². The fourth-order valence-electron chi connectivity index (χ4n) is 4.53. The van der Waals surface area contributed by atoms with E-state index in [0.717, 1.165) is 55.4 Å². The Labute approximate surface area is 175 Å². The normalized spacial score (nSPS) is 19.7. The largest absolute Gasteiger partial charge is 0.350 e. The van der Waals surface area contributed by atoms with Crippen LogP contribution in [0.25, 0.3) is 0 Å². The number of aryl methyl sites for hydroxylation is 3. The summed E-state index contributed by atoms with van der Waals surface area (Å²) >= 11 is 1.65. The van der Waals surface area contributed by atoms with Gasteiger partial charge >= 0.3 is 6.03 Å². The highest BCUT2D eigenvalue weighted by molar-refractivity contribution is 7.15. The monoisotopic (exact) mass is 412 g/mol. The molecule has 8 heteroatoms. The Morgan fingerprint density at radius 3 is 2.62 bits per heavy atom. The standard InChI is InChI=1S/C21H28N6OS/c1-14-12-19(23-13-22-14)27(15-6-7-15)16-8-10-26(11-9-16)21(28)25-20-24-17-4-2-3-5-18(17)29-20/h12-13,15-16H,2-11H2,1H3,(H,24,25,28). The highest BCUT2D eigenvalue weighted by Gasteiger charge is 2.37. The molecule has 0 unspecified atom stereocenters. The zero-order valence-corrected chi connectivity index (χ0v) is 17.7. The molecule has 1 N–H and O–H groups in total. The van der Waals surface area contributed by atoms with Crippen molar-refractivity contribution < 1.29 is 4.79 Å². The molecule has 2 fully saturated rings.